The average Bonchev–Trinajstić information content (AvgIpc) is 2.62. The van der Waals surface area contributed by atoms with Crippen LogP contribution in [-0.4, -0.2) is 25.9 Å². The van der Waals surface area contributed by atoms with E-state index in [2.05, 4.69) is 25.9 Å². The number of aliphatic hydroxyl groups is 1. The number of amides is 1. The number of hydrogen-bond acceptors (Lipinski definition) is 7. The molecule has 0 aliphatic carbocycles. The first-order valence-corrected chi connectivity index (χ1v) is 7.27. The monoisotopic (exact) mass is 338 g/mol. The minimum absolute atomic E-state index is 0.00653. The van der Waals surface area contributed by atoms with Gasteiger partial charge in [0.2, 0.25) is 0 Å². The van der Waals surface area contributed by atoms with Crippen molar-refractivity contribution < 1.29 is 15.0 Å². The third-order valence-electron chi connectivity index (χ3n) is 3.88. The van der Waals surface area contributed by atoms with Crippen molar-refractivity contribution in [2.45, 2.75) is 6.23 Å². The molecule has 0 bridgehead atoms. The van der Waals surface area contributed by atoms with Crippen LogP contribution in [0.15, 0.2) is 46.6 Å². The molecular weight excluding hydrogens is 326 g/mol. The Balaban J connectivity index is 1.87. The Morgan fingerprint density at radius 3 is 2.92 bits per heavy atom. The van der Waals surface area contributed by atoms with Crippen molar-refractivity contribution >= 4 is 28.2 Å². The fourth-order valence-corrected chi connectivity index (χ4v) is 2.66. The molecule has 0 spiro atoms. The summed E-state index contributed by atoms with van der Waals surface area (Å²) in [5.74, 6) is -0.329. The molecule has 0 radical (unpaired) electrons. The molecule has 0 saturated heterocycles. The molecular formula is C15H12N7O3+. The van der Waals surface area contributed by atoms with E-state index in [1.807, 2.05) is 24.3 Å². The summed E-state index contributed by atoms with van der Waals surface area (Å²) in [6.07, 6.45) is 1.50. The molecule has 3 heterocycles. The van der Waals surface area contributed by atoms with Gasteiger partial charge >= 0.3 is 12.1 Å². The van der Waals surface area contributed by atoms with Gasteiger partial charge in [0.25, 0.3) is 5.56 Å². The van der Waals surface area contributed by atoms with Crippen LogP contribution in [0, 0.1) is 0 Å². The molecule has 2 aromatic heterocycles. The second kappa shape index (κ2) is 5.46. The fourth-order valence-electron chi connectivity index (χ4n) is 2.66. The SMILES string of the molecule is Nc1c2c(cn(Nc3nncc4ccccc34)c1=O)C(=O)N=[NH+]C2O. The number of nitrogens with two attached hydrogens (primary N) is 1. The van der Waals surface area contributed by atoms with E-state index in [0.717, 1.165) is 15.4 Å². The third-order valence-corrected chi connectivity index (χ3v) is 3.88. The molecule has 1 unspecified atom stereocenters. The van der Waals surface area contributed by atoms with Crippen LogP contribution in [-0.2, 0) is 0 Å². The maximum Gasteiger partial charge on any atom is 0.340 e. The largest absolute Gasteiger partial charge is 0.394 e. The highest BCUT2D eigenvalue weighted by Crippen LogP contribution is 2.22. The number of carbonyl (C=O) groups excluding carboxylic acids is 1. The molecule has 1 aliphatic rings. The molecule has 0 saturated carbocycles. The lowest BCUT2D eigenvalue weighted by Crippen LogP contribution is -2.70. The quantitative estimate of drug-likeness (QED) is 0.464. The Morgan fingerprint density at radius 1 is 1.28 bits per heavy atom. The summed E-state index contributed by atoms with van der Waals surface area (Å²) >= 11 is 0. The second-order valence-corrected chi connectivity index (χ2v) is 5.39. The summed E-state index contributed by atoms with van der Waals surface area (Å²) in [7, 11) is 0. The van der Waals surface area contributed by atoms with Crippen LogP contribution < -0.4 is 21.8 Å². The Morgan fingerprint density at radius 2 is 2.08 bits per heavy atom. The van der Waals surface area contributed by atoms with Gasteiger partial charge in [-0.1, -0.05) is 24.3 Å². The molecule has 124 valence electrons. The Bertz CT molecular complexity index is 1100. The van der Waals surface area contributed by atoms with Crippen LogP contribution in [0.2, 0.25) is 0 Å². The highest BCUT2D eigenvalue weighted by molar-refractivity contribution is 5.97. The van der Waals surface area contributed by atoms with Gasteiger partial charge in [-0.3, -0.25) is 15.0 Å². The van der Waals surface area contributed by atoms with Crippen LogP contribution in [0.1, 0.15) is 22.1 Å². The first-order valence-electron chi connectivity index (χ1n) is 7.27. The van der Waals surface area contributed by atoms with Gasteiger partial charge in [0.05, 0.1) is 17.3 Å². The van der Waals surface area contributed by atoms with Gasteiger partial charge in [-0.2, -0.15) is 5.10 Å². The standard InChI is InChI=1S/C15H11N7O3/c16-11-10-9(13(23)19-20-14(10)24)6-22(15(11)25)21-12-8-4-2-1-3-7(8)5-17-18-12/h1-6,14,24H,16H2,(H,18,21)/p+1. The summed E-state index contributed by atoms with van der Waals surface area (Å²) in [4.78, 5) is 24.4. The molecule has 1 aromatic carbocycles. The number of azo groups is 1. The number of carbonyl (C=O) groups is 1. The van der Waals surface area contributed by atoms with Crippen molar-refractivity contribution in [1.82, 2.24) is 14.9 Å². The van der Waals surface area contributed by atoms with Crippen LogP contribution in [0.5, 0.6) is 0 Å². The number of nitrogen functional groups attached to an aromatic ring is 1. The predicted molar refractivity (Wildman–Crippen MR) is 86.4 cm³/mol. The first-order chi connectivity index (χ1) is 12.1. The molecule has 1 amide bonds. The minimum Gasteiger partial charge on any atom is -0.394 e. The smallest absolute Gasteiger partial charge is 0.340 e. The van der Waals surface area contributed by atoms with Crippen molar-refractivity contribution in [3.05, 3.63) is 58.1 Å². The molecule has 0 fully saturated rings. The number of pyridine rings is 1. The number of aromatic nitrogens is 3. The zero-order chi connectivity index (χ0) is 17.6. The highest BCUT2D eigenvalue weighted by atomic mass is 16.3. The van der Waals surface area contributed by atoms with Crippen molar-refractivity contribution in [2.24, 2.45) is 5.11 Å². The molecule has 5 N–H and O–H groups in total. The minimum atomic E-state index is -1.33. The molecule has 1 atom stereocenters. The van der Waals surface area contributed by atoms with Crippen molar-refractivity contribution in [3.63, 3.8) is 0 Å². The predicted octanol–water partition coefficient (Wildman–Crippen LogP) is -1.07. The molecule has 3 aromatic rings. The molecule has 1 aliphatic heterocycles. The number of aliphatic hydroxyl groups excluding tert-OH is 1. The van der Waals surface area contributed by atoms with Gasteiger partial charge in [-0.25, -0.2) is 4.68 Å². The number of benzene rings is 1. The van der Waals surface area contributed by atoms with E-state index in [0.29, 0.717) is 5.82 Å². The number of fused-ring (bicyclic) bond motifs is 2. The Hall–Kier alpha value is -3.66. The van der Waals surface area contributed by atoms with Gasteiger partial charge in [0, 0.05) is 22.1 Å². The van der Waals surface area contributed by atoms with Crippen LogP contribution >= 0.6 is 0 Å². The number of anilines is 2. The number of nitrogens with one attached hydrogen (secondary N) is 2. The molecule has 10 heteroatoms. The lowest BCUT2D eigenvalue weighted by Gasteiger charge is -2.16. The normalized spacial score (nSPS) is 16.0. The average molecular weight is 338 g/mol. The van der Waals surface area contributed by atoms with Crippen molar-refractivity contribution in [1.29, 1.82) is 0 Å². The van der Waals surface area contributed by atoms with Crippen LogP contribution in [0.3, 0.4) is 0 Å². The van der Waals surface area contributed by atoms with E-state index in [9.17, 15) is 14.7 Å². The lowest BCUT2D eigenvalue weighted by atomic mass is 10.1. The van der Waals surface area contributed by atoms with Crippen molar-refractivity contribution in [2.75, 3.05) is 11.2 Å². The Kier molecular flexibility index (Phi) is 3.25. The van der Waals surface area contributed by atoms with Gasteiger partial charge < -0.3 is 10.8 Å². The van der Waals surface area contributed by atoms with Crippen LogP contribution in [0.25, 0.3) is 10.8 Å². The topological polar surface area (TPSA) is 149 Å². The lowest BCUT2D eigenvalue weighted by molar-refractivity contribution is -0.622. The van der Waals surface area contributed by atoms with Gasteiger partial charge in [-0.05, 0) is 0 Å². The number of rotatable bonds is 2. The summed E-state index contributed by atoms with van der Waals surface area (Å²) in [5.41, 5.74) is 7.74. The van der Waals surface area contributed by atoms with E-state index in [-0.39, 0.29) is 16.8 Å². The zero-order valence-electron chi connectivity index (χ0n) is 12.7. The maximum atomic E-state index is 12.5. The third kappa shape index (κ3) is 2.32. The van der Waals surface area contributed by atoms with Gasteiger partial charge in [0.15, 0.2) is 5.82 Å². The Labute approximate surface area is 139 Å². The van der Waals surface area contributed by atoms with E-state index in [1.165, 1.54) is 6.20 Å². The number of hydrogen-bond donors (Lipinski definition) is 4. The van der Waals surface area contributed by atoms with E-state index < -0.39 is 17.7 Å². The summed E-state index contributed by atoms with van der Waals surface area (Å²) in [6, 6.07) is 7.34. The van der Waals surface area contributed by atoms with Gasteiger partial charge in [-0.15, -0.1) is 10.2 Å². The first kappa shape index (κ1) is 14.9. The van der Waals surface area contributed by atoms with E-state index in [4.69, 9.17) is 5.73 Å². The molecule has 4 rings (SSSR count). The highest BCUT2D eigenvalue weighted by Gasteiger charge is 2.32. The van der Waals surface area contributed by atoms with Crippen molar-refractivity contribution in [3.8, 4) is 0 Å². The number of nitrogens with zero attached hydrogens (tertiary/aromatic N) is 4. The summed E-state index contributed by atoms with van der Waals surface area (Å²) < 4.78 is 1.02. The summed E-state index contributed by atoms with van der Waals surface area (Å²) in [5, 5.41) is 25.0. The molecule has 10 nitrogen and oxygen atoms in total. The second-order valence-electron chi connectivity index (χ2n) is 5.39. The molecule has 25 heavy (non-hydrogen) atoms. The maximum absolute atomic E-state index is 12.5. The van der Waals surface area contributed by atoms with E-state index >= 15 is 0 Å². The van der Waals surface area contributed by atoms with Gasteiger partial charge in [0.1, 0.15) is 5.69 Å². The zero-order valence-corrected chi connectivity index (χ0v) is 12.7. The fraction of sp³-hybridized carbons (Fsp3) is 0.0667. The summed E-state index contributed by atoms with van der Waals surface area (Å²) in [6.45, 7) is 0. The van der Waals surface area contributed by atoms with E-state index in [1.54, 1.807) is 6.20 Å². The van der Waals surface area contributed by atoms with Crippen LogP contribution in [0.4, 0.5) is 11.5 Å².